The molecule has 0 amide bonds. The molecular weight excluding hydrogens is 438 g/mol. The third-order valence-electron chi connectivity index (χ3n) is 6.14. The number of rotatable bonds is 8. The maximum absolute atomic E-state index is 12.5. The average molecular weight is 470 g/mol. The van der Waals surface area contributed by atoms with Crippen LogP contribution in [-0.4, -0.2) is 31.0 Å². The maximum atomic E-state index is 12.5. The minimum Gasteiger partial charge on any atom is -0.482 e. The van der Waals surface area contributed by atoms with Crippen LogP contribution >= 0.6 is 0 Å². The molecule has 3 nitrogen and oxygen atoms in total. The first-order valence-electron chi connectivity index (χ1n) is 10.3. The molecule has 0 spiro atoms. The number of benzene rings is 1. The number of carbonyl (C=O) groups excluding carboxylic acids is 1. The van der Waals surface area contributed by atoms with Gasteiger partial charge in [-0.15, -0.1) is 0 Å². The molecule has 0 saturated carbocycles. The number of carbonyl (C=O) groups is 1. The Morgan fingerprint density at radius 3 is 1.72 bits per heavy atom. The highest BCUT2D eigenvalue weighted by Gasteiger charge is 2.59. The van der Waals surface area contributed by atoms with Gasteiger partial charge in [0.1, 0.15) is 5.75 Å². The van der Waals surface area contributed by atoms with Crippen LogP contribution in [0.1, 0.15) is 66.9 Å². The maximum Gasteiger partial charge on any atom is 0.434 e. The van der Waals surface area contributed by atoms with Gasteiger partial charge in [0.25, 0.3) is 6.10 Å². The fourth-order valence-corrected chi connectivity index (χ4v) is 3.43. The summed E-state index contributed by atoms with van der Waals surface area (Å²) in [5.41, 5.74) is 0.761. The number of esters is 1. The van der Waals surface area contributed by atoms with Crippen LogP contribution in [0.5, 0.6) is 5.75 Å². The topological polar surface area (TPSA) is 35.5 Å². The molecule has 0 radical (unpaired) electrons. The van der Waals surface area contributed by atoms with Gasteiger partial charge in [-0.3, -0.25) is 0 Å². The predicted octanol–water partition coefficient (Wildman–Crippen LogP) is 7.23. The Morgan fingerprint density at radius 1 is 0.875 bits per heavy atom. The van der Waals surface area contributed by atoms with Crippen molar-refractivity contribution in [1.29, 1.82) is 0 Å². The van der Waals surface area contributed by atoms with E-state index in [1.54, 1.807) is 12.1 Å². The third kappa shape index (κ3) is 7.30. The normalized spacial score (nSPS) is 15.4. The van der Waals surface area contributed by atoms with Crippen LogP contribution in [0.4, 0.5) is 26.3 Å². The number of hydrogen-bond donors (Lipinski definition) is 0. The predicted molar refractivity (Wildman–Crippen MR) is 109 cm³/mol. The van der Waals surface area contributed by atoms with Crippen molar-refractivity contribution in [3.63, 3.8) is 0 Å². The van der Waals surface area contributed by atoms with Crippen LogP contribution in [0.3, 0.4) is 0 Å². The Kier molecular flexibility index (Phi) is 8.35. The first-order valence-corrected chi connectivity index (χ1v) is 10.3. The van der Waals surface area contributed by atoms with E-state index in [1.165, 1.54) is 12.1 Å². The molecule has 1 aromatic carbocycles. The van der Waals surface area contributed by atoms with Gasteiger partial charge in [-0.2, -0.15) is 26.3 Å². The molecule has 1 rings (SSSR count). The van der Waals surface area contributed by atoms with E-state index < -0.39 is 31.0 Å². The zero-order valence-electron chi connectivity index (χ0n) is 19.5. The monoisotopic (exact) mass is 470 g/mol. The molecule has 0 aliphatic rings. The smallest absolute Gasteiger partial charge is 0.434 e. The molecule has 32 heavy (non-hydrogen) atoms. The summed E-state index contributed by atoms with van der Waals surface area (Å²) in [6.07, 6.45) is -13.8. The highest BCUT2D eigenvalue weighted by atomic mass is 19.4. The van der Waals surface area contributed by atoms with E-state index in [0.29, 0.717) is 0 Å². The summed E-state index contributed by atoms with van der Waals surface area (Å²) in [5, 5.41) is 0. The summed E-state index contributed by atoms with van der Waals surface area (Å²) in [7, 11) is 0. The molecule has 9 heteroatoms. The molecule has 0 bridgehead atoms. The molecule has 0 fully saturated rings. The van der Waals surface area contributed by atoms with Gasteiger partial charge < -0.3 is 9.47 Å². The molecule has 0 aromatic heterocycles. The molecule has 1 aromatic rings. The van der Waals surface area contributed by atoms with Crippen molar-refractivity contribution in [3.8, 4) is 5.75 Å². The highest BCUT2D eigenvalue weighted by Crippen LogP contribution is 2.49. The van der Waals surface area contributed by atoms with Crippen LogP contribution in [0.15, 0.2) is 24.3 Å². The minimum atomic E-state index is -5.76. The molecule has 0 heterocycles. The summed E-state index contributed by atoms with van der Waals surface area (Å²) < 4.78 is 83.6. The lowest BCUT2D eigenvalue weighted by atomic mass is 9.57. The van der Waals surface area contributed by atoms with E-state index in [4.69, 9.17) is 4.74 Å². The summed E-state index contributed by atoms with van der Waals surface area (Å²) >= 11 is 0. The quantitative estimate of drug-likeness (QED) is 0.297. The average Bonchev–Trinajstić information content (AvgIpc) is 2.61. The lowest BCUT2D eigenvalue weighted by molar-refractivity contribution is -0.313. The Bertz CT molecular complexity index is 746. The van der Waals surface area contributed by atoms with Gasteiger partial charge in [0.05, 0.1) is 0 Å². The summed E-state index contributed by atoms with van der Waals surface area (Å²) in [6.45, 7) is 14.0. The molecule has 0 aliphatic carbocycles. The Balaban J connectivity index is 2.95. The first kappa shape index (κ1) is 28.1. The van der Waals surface area contributed by atoms with Gasteiger partial charge in [0, 0.05) is 0 Å². The van der Waals surface area contributed by atoms with Gasteiger partial charge >= 0.3 is 18.3 Å². The largest absolute Gasteiger partial charge is 0.482 e. The van der Waals surface area contributed by atoms with E-state index in [9.17, 15) is 31.1 Å². The molecule has 184 valence electrons. The lowest BCUT2D eigenvalue weighted by Gasteiger charge is -2.47. The van der Waals surface area contributed by atoms with Gasteiger partial charge in [0.2, 0.25) is 0 Å². The zero-order chi connectivity index (χ0) is 25.2. The first-order chi connectivity index (χ1) is 14.2. The van der Waals surface area contributed by atoms with Gasteiger partial charge in [-0.25, -0.2) is 4.79 Å². The number of alkyl halides is 6. The van der Waals surface area contributed by atoms with Gasteiger partial charge in [-0.05, 0) is 40.4 Å². The second-order valence-electron chi connectivity index (χ2n) is 10.0. The SMILES string of the molecule is CCC(C)(C)CC(C)(c1ccc(OCC(=O)OC(C(F)(F)F)C(F)(F)F)cc1)C(C)(C)C. The van der Waals surface area contributed by atoms with Crippen LogP contribution in [0.25, 0.3) is 0 Å². The third-order valence-corrected chi connectivity index (χ3v) is 6.14. The fourth-order valence-electron chi connectivity index (χ4n) is 3.43. The van der Waals surface area contributed by atoms with Crippen LogP contribution < -0.4 is 4.74 Å². The van der Waals surface area contributed by atoms with Crippen molar-refractivity contribution in [2.75, 3.05) is 6.61 Å². The molecule has 0 N–H and O–H groups in total. The van der Waals surface area contributed by atoms with E-state index in [2.05, 4.69) is 53.2 Å². The lowest BCUT2D eigenvalue weighted by Crippen LogP contribution is -2.46. The minimum absolute atomic E-state index is 0.0778. The van der Waals surface area contributed by atoms with E-state index in [0.717, 1.165) is 18.4 Å². The highest BCUT2D eigenvalue weighted by molar-refractivity contribution is 5.71. The van der Waals surface area contributed by atoms with Crippen molar-refractivity contribution < 1.29 is 40.6 Å². The summed E-state index contributed by atoms with van der Waals surface area (Å²) in [5.74, 6) is -1.63. The number of hydrogen-bond acceptors (Lipinski definition) is 3. The van der Waals surface area contributed by atoms with Crippen molar-refractivity contribution in [1.82, 2.24) is 0 Å². The van der Waals surface area contributed by atoms with Crippen molar-refractivity contribution in [2.24, 2.45) is 10.8 Å². The van der Waals surface area contributed by atoms with Crippen LogP contribution in [0, 0.1) is 10.8 Å². The Morgan fingerprint density at radius 2 is 1.34 bits per heavy atom. The Labute approximate surface area is 185 Å². The fraction of sp³-hybridized carbons (Fsp3) is 0.696. The van der Waals surface area contributed by atoms with Crippen LogP contribution in [0.2, 0.25) is 0 Å². The Hall–Kier alpha value is -1.93. The number of ether oxygens (including phenoxy) is 2. The number of halogens is 6. The van der Waals surface area contributed by atoms with Gasteiger partial charge in [-0.1, -0.05) is 67.0 Å². The van der Waals surface area contributed by atoms with Gasteiger partial charge in [0.15, 0.2) is 6.61 Å². The van der Waals surface area contributed by atoms with Crippen molar-refractivity contribution >= 4 is 5.97 Å². The van der Waals surface area contributed by atoms with E-state index in [1.807, 2.05) is 0 Å². The standard InChI is InChI=1S/C23H32F6O3/c1-8-20(5,6)14-21(7,19(2,3)4)15-9-11-16(12-10-15)31-13-17(30)32-18(22(24,25)26)23(27,28)29/h9-12,18H,8,13-14H2,1-7H3. The molecular formula is C23H32F6O3. The second-order valence-corrected chi connectivity index (χ2v) is 10.0. The molecule has 1 unspecified atom stereocenters. The molecule has 0 aliphatic heterocycles. The summed E-state index contributed by atoms with van der Waals surface area (Å²) in [6, 6.07) is 6.67. The molecule has 1 atom stereocenters. The van der Waals surface area contributed by atoms with Crippen molar-refractivity contribution in [2.45, 2.75) is 85.2 Å². The van der Waals surface area contributed by atoms with Crippen molar-refractivity contribution in [3.05, 3.63) is 29.8 Å². The zero-order valence-corrected chi connectivity index (χ0v) is 19.5. The van der Waals surface area contributed by atoms with Crippen LogP contribution in [-0.2, 0) is 14.9 Å². The molecule has 0 saturated heterocycles. The second kappa shape index (κ2) is 9.51. The van der Waals surface area contributed by atoms with E-state index in [-0.39, 0.29) is 22.0 Å². The van der Waals surface area contributed by atoms with E-state index >= 15 is 0 Å². The summed E-state index contributed by atoms with van der Waals surface area (Å²) in [4.78, 5) is 11.5.